The second kappa shape index (κ2) is 3.00. The summed E-state index contributed by atoms with van der Waals surface area (Å²) >= 11 is 0. The molecule has 0 aliphatic heterocycles. The summed E-state index contributed by atoms with van der Waals surface area (Å²) in [5, 5.41) is 0. The minimum atomic E-state index is 0.0701. The Hall–Kier alpha value is -1.49. The van der Waals surface area contributed by atoms with Crippen molar-refractivity contribution in [3.63, 3.8) is 0 Å². The van der Waals surface area contributed by atoms with Crippen molar-refractivity contribution in [1.29, 1.82) is 0 Å². The summed E-state index contributed by atoms with van der Waals surface area (Å²) in [5.41, 5.74) is 7.53. The van der Waals surface area contributed by atoms with Gasteiger partial charge in [-0.15, -0.1) is 0 Å². The van der Waals surface area contributed by atoms with Crippen molar-refractivity contribution >= 4 is 11.2 Å². The quantitative estimate of drug-likeness (QED) is 0.754. The van der Waals surface area contributed by atoms with E-state index in [0.29, 0.717) is 6.54 Å². The van der Waals surface area contributed by atoms with Gasteiger partial charge >= 0.3 is 0 Å². The van der Waals surface area contributed by atoms with Crippen LogP contribution in [0.15, 0.2) is 12.5 Å². The lowest BCUT2D eigenvalue weighted by molar-refractivity contribution is 0.240. The maximum atomic E-state index is 5.83. The standard InChI is InChI=1S/C10H13N5/c11-5-10(2-1-3-10)9-14-7-4-12-6-13-8(7)15-9/h4,6H,1-3,5,11H2,(H,12,13,14,15). The highest BCUT2D eigenvalue weighted by atomic mass is 15.0. The molecule has 78 valence electrons. The van der Waals surface area contributed by atoms with Crippen LogP contribution in [0.5, 0.6) is 0 Å². The van der Waals surface area contributed by atoms with Crippen LogP contribution in [0.1, 0.15) is 25.1 Å². The average molecular weight is 203 g/mol. The van der Waals surface area contributed by atoms with Gasteiger partial charge in [-0.1, -0.05) is 6.42 Å². The highest BCUT2D eigenvalue weighted by molar-refractivity contribution is 5.69. The van der Waals surface area contributed by atoms with Crippen LogP contribution in [0.25, 0.3) is 11.2 Å². The number of fused-ring (bicyclic) bond motifs is 1. The number of imidazole rings is 1. The zero-order valence-corrected chi connectivity index (χ0v) is 8.40. The summed E-state index contributed by atoms with van der Waals surface area (Å²) in [7, 11) is 0. The molecular formula is C10H13N5. The van der Waals surface area contributed by atoms with E-state index in [1.165, 1.54) is 12.7 Å². The molecule has 0 radical (unpaired) electrons. The van der Waals surface area contributed by atoms with Gasteiger partial charge in [0.15, 0.2) is 5.65 Å². The fourth-order valence-corrected chi connectivity index (χ4v) is 2.15. The molecule has 3 rings (SSSR count). The predicted molar refractivity (Wildman–Crippen MR) is 56.3 cm³/mol. The van der Waals surface area contributed by atoms with E-state index in [9.17, 15) is 0 Å². The van der Waals surface area contributed by atoms with Crippen LogP contribution in [0, 0.1) is 0 Å². The number of aromatic nitrogens is 4. The predicted octanol–water partition coefficient (Wildman–Crippen LogP) is 0.733. The summed E-state index contributed by atoms with van der Waals surface area (Å²) in [6.07, 6.45) is 6.75. The van der Waals surface area contributed by atoms with E-state index in [1.807, 2.05) is 0 Å². The highest BCUT2D eigenvalue weighted by Crippen LogP contribution is 2.41. The van der Waals surface area contributed by atoms with Gasteiger partial charge in [-0.2, -0.15) is 0 Å². The summed E-state index contributed by atoms with van der Waals surface area (Å²) in [4.78, 5) is 15.8. The van der Waals surface area contributed by atoms with Gasteiger partial charge in [0.1, 0.15) is 17.7 Å². The third-order valence-electron chi connectivity index (χ3n) is 3.37. The van der Waals surface area contributed by atoms with Gasteiger partial charge in [-0.3, -0.25) is 0 Å². The van der Waals surface area contributed by atoms with Crippen molar-refractivity contribution < 1.29 is 0 Å². The fourth-order valence-electron chi connectivity index (χ4n) is 2.15. The number of nitrogens with zero attached hydrogens (tertiary/aromatic N) is 3. The van der Waals surface area contributed by atoms with E-state index in [2.05, 4.69) is 19.9 Å². The second-order valence-corrected chi connectivity index (χ2v) is 4.18. The van der Waals surface area contributed by atoms with Crippen molar-refractivity contribution in [1.82, 2.24) is 19.9 Å². The molecule has 5 nitrogen and oxygen atoms in total. The molecule has 3 N–H and O–H groups in total. The van der Waals surface area contributed by atoms with Crippen LogP contribution in [0.2, 0.25) is 0 Å². The topological polar surface area (TPSA) is 80.5 Å². The second-order valence-electron chi connectivity index (χ2n) is 4.18. The van der Waals surface area contributed by atoms with Crippen LogP contribution < -0.4 is 5.73 Å². The lowest BCUT2D eigenvalue weighted by Gasteiger charge is -2.38. The van der Waals surface area contributed by atoms with Crippen LogP contribution in [-0.4, -0.2) is 26.5 Å². The normalized spacial score (nSPS) is 19.0. The molecule has 0 amide bonds. The summed E-state index contributed by atoms with van der Waals surface area (Å²) in [6.45, 7) is 0.653. The lowest BCUT2D eigenvalue weighted by Crippen LogP contribution is -2.42. The van der Waals surface area contributed by atoms with E-state index in [-0.39, 0.29) is 5.41 Å². The van der Waals surface area contributed by atoms with Gasteiger partial charge in [0, 0.05) is 12.0 Å². The first kappa shape index (κ1) is 8.79. The summed E-state index contributed by atoms with van der Waals surface area (Å²) in [6, 6.07) is 0. The van der Waals surface area contributed by atoms with Crippen LogP contribution in [0.3, 0.4) is 0 Å². The molecule has 2 aromatic heterocycles. The number of hydrogen-bond donors (Lipinski definition) is 2. The Morgan fingerprint density at radius 3 is 2.93 bits per heavy atom. The first-order valence-corrected chi connectivity index (χ1v) is 5.20. The van der Waals surface area contributed by atoms with Crippen molar-refractivity contribution in [2.24, 2.45) is 5.73 Å². The third kappa shape index (κ3) is 1.16. The Kier molecular flexibility index (Phi) is 1.76. The first-order valence-electron chi connectivity index (χ1n) is 5.20. The van der Waals surface area contributed by atoms with E-state index in [1.54, 1.807) is 6.20 Å². The first-order chi connectivity index (χ1) is 7.34. The molecule has 1 aliphatic rings. The van der Waals surface area contributed by atoms with Gasteiger partial charge in [0.25, 0.3) is 0 Å². The van der Waals surface area contributed by atoms with Gasteiger partial charge in [0.2, 0.25) is 0 Å². The zero-order valence-electron chi connectivity index (χ0n) is 8.40. The Bertz CT molecular complexity index is 447. The van der Waals surface area contributed by atoms with Gasteiger partial charge < -0.3 is 10.7 Å². The fraction of sp³-hybridized carbons (Fsp3) is 0.500. The molecule has 15 heavy (non-hydrogen) atoms. The van der Waals surface area contributed by atoms with E-state index < -0.39 is 0 Å². The van der Waals surface area contributed by atoms with Gasteiger partial charge in [-0.05, 0) is 12.8 Å². The van der Waals surface area contributed by atoms with Crippen LogP contribution in [-0.2, 0) is 5.41 Å². The third-order valence-corrected chi connectivity index (χ3v) is 3.37. The van der Waals surface area contributed by atoms with Crippen molar-refractivity contribution in [3.8, 4) is 0 Å². The molecule has 0 spiro atoms. The van der Waals surface area contributed by atoms with Gasteiger partial charge in [0.05, 0.1) is 6.20 Å². The molecule has 0 bridgehead atoms. The highest BCUT2D eigenvalue weighted by Gasteiger charge is 2.40. The molecule has 1 fully saturated rings. The Morgan fingerprint density at radius 1 is 1.47 bits per heavy atom. The van der Waals surface area contributed by atoms with Gasteiger partial charge in [-0.25, -0.2) is 15.0 Å². The number of aromatic amines is 1. The monoisotopic (exact) mass is 203 g/mol. The summed E-state index contributed by atoms with van der Waals surface area (Å²) in [5.74, 6) is 0.978. The molecule has 1 saturated carbocycles. The molecule has 2 heterocycles. The minimum absolute atomic E-state index is 0.0701. The van der Waals surface area contributed by atoms with Crippen LogP contribution >= 0.6 is 0 Å². The zero-order chi connectivity index (χ0) is 10.3. The minimum Gasteiger partial charge on any atom is -0.339 e. The molecule has 0 unspecified atom stereocenters. The largest absolute Gasteiger partial charge is 0.339 e. The Balaban J connectivity index is 2.11. The summed E-state index contributed by atoms with van der Waals surface area (Å²) < 4.78 is 0. The van der Waals surface area contributed by atoms with Crippen molar-refractivity contribution in [2.75, 3.05) is 6.54 Å². The van der Waals surface area contributed by atoms with Crippen LogP contribution in [0.4, 0.5) is 0 Å². The molecule has 0 aromatic carbocycles. The molecule has 5 heteroatoms. The maximum Gasteiger partial charge on any atom is 0.180 e. The number of rotatable bonds is 2. The molecule has 0 saturated heterocycles. The maximum absolute atomic E-state index is 5.83. The van der Waals surface area contributed by atoms with Crippen molar-refractivity contribution in [2.45, 2.75) is 24.7 Å². The number of H-pyrrole nitrogens is 1. The number of hydrogen-bond acceptors (Lipinski definition) is 4. The number of nitrogens with one attached hydrogen (secondary N) is 1. The average Bonchev–Trinajstić information content (AvgIpc) is 2.60. The molecule has 0 atom stereocenters. The van der Waals surface area contributed by atoms with Crippen molar-refractivity contribution in [3.05, 3.63) is 18.3 Å². The Morgan fingerprint density at radius 2 is 2.33 bits per heavy atom. The van der Waals surface area contributed by atoms with E-state index >= 15 is 0 Å². The lowest BCUT2D eigenvalue weighted by atomic mass is 9.68. The molecule has 2 aromatic rings. The Labute approximate surface area is 87.1 Å². The molecular weight excluding hydrogens is 190 g/mol. The SMILES string of the molecule is NCC1(c2nc3ncncc3[nH]2)CCC1. The molecule has 1 aliphatic carbocycles. The smallest absolute Gasteiger partial charge is 0.180 e. The number of nitrogens with two attached hydrogens (primary N) is 1. The van der Waals surface area contributed by atoms with E-state index in [0.717, 1.165) is 29.8 Å². The van der Waals surface area contributed by atoms with E-state index in [4.69, 9.17) is 5.73 Å².